The molecular formula is C20H38N4O4. The first kappa shape index (κ1) is 26.0. The Kier molecular flexibility index (Phi) is 9.81. The van der Waals surface area contributed by atoms with Crippen molar-refractivity contribution in [2.45, 2.75) is 66.0 Å². The Hall–Kier alpha value is -1.96. The molecule has 0 aliphatic heterocycles. The highest BCUT2D eigenvalue weighted by molar-refractivity contribution is 5.93. The van der Waals surface area contributed by atoms with Gasteiger partial charge in [0.15, 0.2) is 0 Å². The third-order valence-electron chi connectivity index (χ3n) is 4.41. The Morgan fingerprint density at radius 1 is 0.964 bits per heavy atom. The normalized spacial score (nSPS) is 13.1. The first-order valence-electron chi connectivity index (χ1n) is 9.57. The Morgan fingerprint density at radius 3 is 1.93 bits per heavy atom. The Balaban J connectivity index is 5.35. The maximum absolute atomic E-state index is 13.2. The summed E-state index contributed by atoms with van der Waals surface area (Å²) in [5.41, 5.74) is -1.42. The van der Waals surface area contributed by atoms with Gasteiger partial charge >= 0.3 is 0 Å². The van der Waals surface area contributed by atoms with Crippen LogP contribution >= 0.6 is 0 Å². The lowest BCUT2D eigenvalue weighted by molar-refractivity contribution is -0.148. The molecule has 0 aliphatic rings. The molecule has 0 spiro atoms. The summed E-state index contributed by atoms with van der Waals surface area (Å²) in [5.74, 6) is -0.926. The van der Waals surface area contributed by atoms with E-state index in [2.05, 4.69) is 10.6 Å². The van der Waals surface area contributed by atoms with Crippen LogP contribution in [0.25, 0.3) is 0 Å². The molecule has 0 aromatic rings. The fourth-order valence-electron chi connectivity index (χ4n) is 3.52. The van der Waals surface area contributed by atoms with Gasteiger partial charge in [-0.25, -0.2) is 0 Å². The van der Waals surface area contributed by atoms with Gasteiger partial charge in [-0.05, 0) is 41.3 Å². The fourth-order valence-corrected chi connectivity index (χ4v) is 3.52. The average Bonchev–Trinajstić information content (AvgIpc) is 2.47. The zero-order valence-corrected chi connectivity index (χ0v) is 18.9. The lowest BCUT2D eigenvalue weighted by Crippen LogP contribution is -2.54. The van der Waals surface area contributed by atoms with E-state index < -0.39 is 17.0 Å². The molecule has 1 atom stereocenters. The van der Waals surface area contributed by atoms with Gasteiger partial charge < -0.3 is 20.4 Å². The zero-order valence-electron chi connectivity index (χ0n) is 18.9. The van der Waals surface area contributed by atoms with Crippen LogP contribution in [0.1, 0.15) is 54.4 Å². The number of hydrogen-bond donors (Lipinski definition) is 2. The Morgan fingerprint density at radius 2 is 1.50 bits per heavy atom. The van der Waals surface area contributed by atoms with Crippen molar-refractivity contribution < 1.29 is 19.2 Å². The molecule has 0 radical (unpaired) electrons. The molecule has 0 saturated heterocycles. The maximum atomic E-state index is 13.2. The highest BCUT2D eigenvalue weighted by Gasteiger charge is 2.40. The van der Waals surface area contributed by atoms with Crippen LogP contribution in [0.3, 0.4) is 0 Å². The van der Waals surface area contributed by atoms with Crippen LogP contribution in [0.4, 0.5) is 0 Å². The van der Waals surface area contributed by atoms with Crippen molar-refractivity contribution in [3.8, 4) is 0 Å². The van der Waals surface area contributed by atoms with Crippen LogP contribution in [0.2, 0.25) is 0 Å². The first-order valence-corrected chi connectivity index (χ1v) is 9.57. The van der Waals surface area contributed by atoms with Crippen LogP contribution in [0.15, 0.2) is 0 Å². The summed E-state index contributed by atoms with van der Waals surface area (Å²) in [6, 6.07) is -0.865. The van der Waals surface area contributed by atoms with E-state index in [0.29, 0.717) is 19.5 Å². The molecule has 162 valence electrons. The number of rotatable bonds is 11. The number of likely N-dealkylation sites (N-methyl/N-ethyl adjacent to an activating group) is 2. The third-order valence-corrected chi connectivity index (χ3v) is 4.41. The van der Waals surface area contributed by atoms with Crippen molar-refractivity contribution in [2.24, 2.45) is 5.41 Å². The van der Waals surface area contributed by atoms with Crippen LogP contribution in [-0.2, 0) is 19.2 Å². The van der Waals surface area contributed by atoms with Crippen molar-refractivity contribution >= 4 is 23.5 Å². The molecule has 0 fully saturated rings. The summed E-state index contributed by atoms with van der Waals surface area (Å²) >= 11 is 0. The minimum atomic E-state index is -0.865. The predicted molar refractivity (Wildman–Crippen MR) is 110 cm³/mol. The van der Waals surface area contributed by atoms with Gasteiger partial charge in [-0.2, -0.15) is 0 Å². The highest BCUT2D eigenvalue weighted by Crippen LogP contribution is 2.30. The average molecular weight is 399 g/mol. The predicted octanol–water partition coefficient (Wildman–Crippen LogP) is 0.801. The number of ketones is 1. The second-order valence-corrected chi connectivity index (χ2v) is 9.06. The Labute approximate surface area is 169 Å². The summed E-state index contributed by atoms with van der Waals surface area (Å²) in [4.78, 5) is 52.2. The Bertz CT molecular complexity index is 585. The number of carbonyl (C=O) groups is 4. The van der Waals surface area contributed by atoms with Crippen LogP contribution in [-0.4, -0.2) is 79.1 Å². The molecule has 3 amide bonds. The minimum Gasteiger partial charge on any atom is -0.353 e. The molecule has 8 nitrogen and oxygen atoms in total. The summed E-state index contributed by atoms with van der Waals surface area (Å²) in [6.45, 7) is 11.2. The van der Waals surface area contributed by atoms with Crippen molar-refractivity contribution in [1.29, 1.82) is 0 Å². The molecule has 2 N–H and O–H groups in total. The molecule has 0 saturated carbocycles. The zero-order chi connectivity index (χ0) is 22.3. The first-order chi connectivity index (χ1) is 12.6. The molecule has 0 rings (SSSR count). The molecule has 0 heterocycles. The molecule has 0 aromatic heterocycles. The monoisotopic (exact) mass is 398 g/mol. The van der Waals surface area contributed by atoms with Crippen molar-refractivity contribution in [1.82, 2.24) is 20.4 Å². The van der Waals surface area contributed by atoms with E-state index in [4.69, 9.17) is 0 Å². The van der Waals surface area contributed by atoms with Gasteiger partial charge in [-0.1, -0.05) is 13.8 Å². The van der Waals surface area contributed by atoms with E-state index in [1.165, 1.54) is 18.7 Å². The summed E-state index contributed by atoms with van der Waals surface area (Å²) < 4.78 is 0. The molecule has 8 heteroatoms. The van der Waals surface area contributed by atoms with E-state index in [9.17, 15) is 19.2 Å². The van der Waals surface area contributed by atoms with E-state index in [0.717, 1.165) is 0 Å². The standard InChI is InChI=1S/C20H38N4O4/c1-14(25)12-16(17(27)21-10-11-23(7)8)24(9)18(28)19(3,4)13-20(5,6)22-15(2)26/h16H,10-13H2,1-9H3,(H,21,27)(H,22,26). The minimum absolute atomic E-state index is 0.0405. The summed E-state index contributed by atoms with van der Waals surface area (Å²) in [5, 5.41) is 5.64. The number of amides is 3. The van der Waals surface area contributed by atoms with E-state index in [-0.39, 0.29) is 29.9 Å². The summed E-state index contributed by atoms with van der Waals surface area (Å²) in [6.07, 6.45) is 0.346. The number of nitrogens with one attached hydrogen (secondary N) is 2. The van der Waals surface area contributed by atoms with Crippen LogP contribution in [0.5, 0.6) is 0 Å². The molecule has 0 bridgehead atoms. The largest absolute Gasteiger partial charge is 0.353 e. The fraction of sp³-hybridized carbons (Fsp3) is 0.800. The molecule has 1 unspecified atom stereocenters. The van der Waals surface area contributed by atoms with Gasteiger partial charge in [-0.3, -0.25) is 19.2 Å². The number of carbonyl (C=O) groups excluding carboxylic acids is 4. The van der Waals surface area contributed by atoms with Gasteiger partial charge in [0.05, 0.1) is 0 Å². The molecule has 0 aromatic carbocycles. The number of hydrogen-bond acceptors (Lipinski definition) is 5. The second kappa shape index (κ2) is 10.5. The molecule has 28 heavy (non-hydrogen) atoms. The van der Waals surface area contributed by atoms with Gasteiger partial charge in [0.1, 0.15) is 11.8 Å². The number of Topliss-reactive ketones (excluding diaryl/α,β-unsaturated/α-hetero) is 1. The highest BCUT2D eigenvalue weighted by atomic mass is 16.2. The van der Waals surface area contributed by atoms with E-state index in [1.54, 1.807) is 20.9 Å². The van der Waals surface area contributed by atoms with Crippen LogP contribution < -0.4 is 10.6 Å². The van der Waals surface area contributed by atoms with Crippen molar-refractivity contribution in [2.75, 3.05) is 34.2 Å². The van der Waals surface area contributed by atoms with Gasteiger partial charge in [-0.15, -0.1) is 0 Å². The summed E-state index contributed by atoms with van der Waals surface area (Å²) in [7, 11) is 5.34. The van der Waals surface area contributed by atoms with Crippen molar-refractivity contribution in [3.05, 3.63) is 0 Å². The third kappa shape index (κ3) is 9.30. The molecule has 0 aliphatic carbocycles. The number of nitrogens with zero attached hydrogens (tertiary/aromatic N) is 2. The van der Waals surface area contributed by atoms with Crippen LogP contribution in [0, 0.1) is 5.41 Å². The van der Waals surface area contributed by atoms with E-state index >= 15 is 0 Å². The van der Waals surface area contributed by atoms with Gasteiger partial charge in [0, 0.05) is 44.4 Å². The van der Waals surface area contributed by atoms with Gasteiger partial charge in [0.2, 0.25) is 17.7 Å². The topological polar surface area (TPSA) is 98.8 Å². The smallest absolute Gasteiger partial charge is 0.243 e. The van der Waals surface area contributed by atoms with Crippen molar-refractivity contribution in [3.63, 3.8) is 0 Å². The van der Waals surface area contributed by atoms with E-state index in [1.807, 2.05) is 32.8 Å². The maximum Gasteiger partial charge on any atom is 0.243 e. The molecular weight excluding hydrogens is 360 g/mol. The lowest BCUT2D eigenvalue weighted by atomic mass is 9.78. The quantitative estimate of drug-likeness (QED) is 0.536. The second-order valence-electron chi connectivity index (χ2n) is 9.06. The SMILES string of the molecule is CC(=O)CC(C(=O)NCCN(C)C)N(C)C(=O)C(C)(C)CC(C)(C)NC(C)=O. The van der Waals surface area contributed by atoms with Gasteiger partial charge in [0.25, 0.3) is 0 Å². The lowest BCUT2D eigenvalue weighted by Gasteiger charge is -2.38.